The Hall–Kier alpha value is -1.49. The number of nitrogens with one attached hydrogen (secondary N) is 1. The Morgan fingerprint density at radius 3 is 2.44 bits per heavy atom. The van der Waals surface area contributed by atoms with Crippen LogP contribution < -0.4 is 14.8 Å². The maximum atomic E-state index is 13.0. The van der Waals surface area contributed by atoms with Gasteiger partial charge in [0.25, 0.3) is 0 Å². The van der Waals surface area contributed by atoms with E-state index in [9.17, 15) is 4.39 Å². The number of hydrogen-bond acceptors (Lipinski definition) is 3. The van der Waals surface area contributed by atoms with E-state index >= 15 is 0 Å². The third-order valence-corrected chi connectivity index (χ3v) is 5.07. The van der Waals surface area contributed by atoms with Crippen LogP contribution >= 0.6 is 24.0 Å². The zero-order chi connectivity index (χ0) is 18.4. The van der Waals surface area contributed by atoms with Gasteiger partial charge in [-0.15, -0.1) is 12.4 Å². The summed E-state index contributed by atoms with van der Waals surface area (Å²) in [7, 11) is 1.61. The predicted molar refractivity (Wildman–Crippen MR) is 110 cm³/mol. The minimum absolute atomic E-state index is 0. The van der Waals surface area contributed by atoms with Crippen LogP contribution in [0.3, 0.4) is 0 Å². The van der Waals surface area contributed by atoms with Crippen LogP contribution in [0.25, 0.3) is 0 Å². The number of benzene rings is 2. The molecule has 2 aromatic rings. The lowest BCUT2D eigenvalue weighted by molar-refractivity contribution is 0.284. The molecule has 1 N–H and O–H groups in total. The van der Waals surface area contributed by atoms with Crippen molar-refractivity contribution in [3.05, 3.63) is 58.4 Å². The van der Waals surface area contributed by atoms with Gasteiger partial charge in [0.05, 0.1) is 12.1 Å². The van der Waals surface area contributed by atoms with Crippen molar-refractivity contribution >= 4 is 24.0 Å². The Labute approximate surface area is 171 Å². The van der Waals surface area contributed by atoms with Gasteiger partial charge in [0.1, 0.15) is 12.4 Å². The molecule has 0 radical (unpaired) electrons. The second kappa shape index (κ2) is 10.7. The smallest absolute Gasteiger partial charge is 0.180 e. The minimum atomic E-state index is -0.265. The van der Waals surface area contributed by atoms with Gasteiger partial charge < -0.3 is 14.8 Å². The van der Waals surface area contributed by atoms with Crippen LogP contribution in [0.2, 0.25) is 5.02 Å². The van der Waals surface area contributed by atoms with E-state index in [0.717, 1.165) is 17.7 Å². The lowest BCUT2D eigenvalue weighted by Gasteiger charge is -2.23. The maximum absolute atomic E-state index is 13.0. The molecule has 0 heterocycles. The fraction of sp³-hybridized carbons (Fsp3) is 0.429. The Balaban J connectivity index is 0.00000261. The molecule has 1 aliphatic rings. The number of halogens is 3. The summed E-state index contributed by atoms with van der Waals surface area (Å²) in [4.78, 5) is 0. The molecular weight excluding hydrogens is 388 g/mol. The number of methoxy groups -OCH3 is 1. The Kier molecular flexibility index (Phi) is 8.68. The predicted octanol–water partition coefficient (Wildman–Crippen LogP) is 5.91. The van der Waals surface area contributed by atoms with Gasteiger partial charge in [-0.3, -0.25) is 0 Å². The first-order valence-electron chi connectivity index (χ1n) is 9.13. The van der Waals surface area contributed by atoms with E-state index in [-0.39, 0.29) is 18.2 Å². The first-order valence-corrected chi connectivity index (χ1v) is 9.50. The highest BCUT2D eigenvalue weighted by atomic mass is 35.5. The summed E-state index contributed by atoms with van der Waals surface area (Å²) < 4.78 is 24.3. The van der Waals surface area contributed by atoms with Gasteiger partial charge in [0.15, 0.2) is 11.5 Å². The second-order valence-corrected chi connectivity index (χ2v) is 7.15. The maximum Gasteiger partial charge on any atom is 0.180 e. The van der Waals surface area contributed by atoms with Crippen LogP contribution in [-0.2, 0) is 13.2 Å². The van der Waals surface area contributed by atoms with Crippen LogP contribution in [0.5, 0.6) is 11.5 Å². The number of hydrogen-bond donors (Lipinski definition) is 1. The molecule has 0 unspecified atom stereocenters. The van der Waals surface area contributed by atoms with Gasteiger partial charge in [-0.25, -0.2) is 4.39 Å². The third-order valence-electron chi connectivity index (χ3n) is 4.79. The average molecular weight is 414 g/mol. The molecule has 3 nitrogen and oxygen atoms in total. The van der Waals surface area contributed by atoms with Crippen molar-refractivity contribution in [3.8, 4) is 11.5 Å². The molecule has 3 rings (SSSR count). The van der Waals surface area contributed by atoms with Crippen molar-refractivity contribution in [1.82, 2.24) is 5.32 Å². The summed E-state index contributed by atoms with van der Waals surface area (Å²) in [6, 6.07) is 10.7. The van der Waals surface area contributed by atoms with Crippen molar-refractivity contribution in [1.29, 1.82) is 0 Å². The standard InChI is InChI=1S/C21H25ClFNO2.ClH/c1-25-20-12-16(13-24-18-5-3-2-4-6-18)11-19(22)21(20)26-14-15-7-9-17(23)10-8-15;/h7-12,18,24H,2-6,13-14H2,1H3;1H. The lowest BCUT2D eigenvalue weighted by atomic mass is 9.95. The summed E-state index contributed by atoms with van der Waals surface area (Å²) in [6.07, 6.45) is 6.43. The van der Waals surface area contributed by atoms with E-state index < -0.39 is 0 Å². The summed E-state index contributed by atoms with van der Waals surface area (Å²) in [5.74, 6) is 0.860. The average Bonchev–Trinajstić information content (AvgIpc) is 2.67. The highest BCUT2D eigenvalue weighted by Gasteiger charge is 2.15. The molecular formula is C21H26Cl2FNO2. The van der Waals surface area contributed by atoms with Crippen molar-refractivity contribution in [2.75, 3.05) is 7.11 Å². The largest absolute Gasteiger partial charge is 0.493 e. The van der Waals surface area contributed by atoms with Crippen LogP contribution in [0, 0.1) is 5.82 Å². The van der Waals surface area contributed by atoms with Gasteiger partial charge in [0, 0.05) is 12.6 Å². The van der Waals surface area contributed by atoms with E-state index in [0.29, 0.717) is 29.2 Å². The Morgan fingerprint density at radius 1 is 1.07 bits per heavy atom. The third kappa shape index (κ3) is 6.27. The molecule has 0 atom stereocenters. The molecule has 0 amide bonds. The molecule has 0 aliphatic heterocycles. The minimum Gasteiger partial charge on any atom is -0.493 e. The van der Waals surface area contributed by atoms with E-state index in [1.807, 2.05) is 12.1 Å². The molecule has 148 valence electrons. The van der Waals surface area contributed by atoms with Gasteiger partial charge in [-0.1, -0.05) is 43.0 Å². The van der Waals surface area contributed by atoms with Crippen molar-refractivity contribution in [2.45, 2.75) is 51.3 Å². The zero-order valence-corrected chi connectivity index (χ0v) is 17.0. The summed E-state index contributed by atoms with van der Waals surface area (Å²) in [5.41, 5.74) is 1.94. The Bertz CT molecular complexity index is 719. The molecule has 0 bridgehead atoms. The molecule has 27 heavy (non-hydrogen) atoms. The number of ether oxygens (including phenoxy) is 2. The van der Waals surface area contributed by atoms with Gasteiger partial charge in [-0.2, -0.15) is 0 Å². The monoisotopic (exact) mass is 413 g/mol. The SMILES string of the molecule is COc1cc(CNC2CCCCC2)cc(Cl)c1OCc1ccc(F)cc1.Cl. The van der Waals surface area contributed by atoms with Crippen LogP contribution in [-0.4, -0.2) is 13.2 Å². The lowest BCUT2D eigenvalue weighted by Crippen LogP contribution is -2.30. The summed E-state index contributed by atoms with van der Waals surface area (Å²) >= 11 is 6.43. The van der Waals surface area contributed by atoms with Crippen LogP contribution in [0.4, 0.5) is 4.39 Å². The van der Waals surface area contributed by atoms with Gasteiger partial charge >= 0.3 is 0 Å². The first-order chi connectivity index (χ1) is 12.7. The Morgan fingerprint density at radius 2 is 1.78 bits per heavy atom. The molecule has 0 aromatic heterocycles. The van der Waals surface area contributed by atoms with Crippen molar-refractivity contribution in [2.24, 2.45) is 0 Å². The van der Waals surface area contributed by atoms with Crippen molar-refractivity contribution < 1.29 is 13.9 Å². The summed E-state index contributed by atoms with van der Waals surface area (Å²) in [6.45, 7) is 1.06. The molecule has 2 aromatic carbocycles. The molecule has 6 heteroatoms. The van der Waals surface area contributed by atoms with Crippen LogP contribution in [0.1, 0.15) is 43.2 Å². The zero-order valence-electron chi connectivity index (χ0n) is 15.5. The normalized spacial score (nSPS) is 14.5. The van der Waals surface area contributed by atoms with E-state index in [1.165, 1.54) is 44.2 Å². The van der Waals surface area contributed by atoms with E-state index in [1.54, 1.807) is 19.2 Å². The highest BCUT2D eigenvalue weighted by Crippen LogP contribution is 2.37. The molecule has 0 spiro atoms. The topological polar surface area (TPSA) is 30.5 Å². The number of rotatable bonds is 7. The second-order valence-electron chi connectivity index (χ2n) is 6.74. The van der Waals surface area contributed by atoms with Crippen LogP contribution in [0.15, 0.2) is 36.4 Å². The molecule has 1 saturated carbocycles. The fourth-order valence-electron chi connectivity index (χ4n) is 3.32. The quantitative estimate of drug-likeness (QED) is 0.611. The molecule has 0 saturated heterocycles. The van der Waals surface area contributed by atoms with E-state index in [4.69, 9.17) is 21.1 Å². The summed E-state index contributed by atoms with van der Waals surface area (Å²) in [5, 5.41) is 4.13. The fourth-order valence-corrected chi connectivity index (χ4v) is 3.61. The highest BCUT2D eigenvalue weighted by molar-refractivity contribution is 6.32. The van der Waals surface area contributed by atoms with Gasteiger partial charge in [-0.05, 0) is 48.2 Å². The van der Waals surface area contributed by atoms with E-state index in [2.05, 4.69) is 5.32 Å². The molecule has 1 aliphatic carbocycles. The first kappa shape index (κ1) is 21.8. The molecule has 1 fully saturated rings. The van der Waals surface area contributed by atoms with Crippen molar-refractivity contribution in [3.63, 3.8) is 0 Å². The van der Waals surface area contributed by atoms with Gasteiger partial charge in [0.2, 0.25) is 0 Å².